The molecule has 2 heteroatoms. The van der Waals surface area contributed by atoms with Crippen LogP contribution in [0.15, 0.2) is 18.2 Å². The summed E-state index contributed by atoms with van der Waals surface area (Å²) >= 11 is 0. The van der Waals surface area contributed by atoms with E-state index in [0.717, 1.165) is 6.54 Å². The number of benzene rings is 1. The number of rotatable bonds is 1. The van der Waals surface area contributed by atoms with Crippen LogP contribution in [0.5, 0.6) is 0 Å². The Hall–Kier alpha value is -0.860. The fraction of sp³-hybridized carbons (Fsp3) is 0.455. The molecule has 0 saturated heterocycles. The Morgan fingerprint density at radius 3 is 3.00 bits per heavy atom. The molecule has 70 valence electrons. The average Bonchev–Trinajstić information content (AvgIpc) is 2.16. The molecule has 1 aliphatic heterocycles. The third-order valence-corrected chi connectivity index (χ3v) is 2.71. The van der Waals surface area contributed by atoms with Gasteiger partial charge in [0.05, 0.1) is 0 Å². The Bertz CT molecular complexity index is 307. The van der Waals surface area contributed by atoms with Crippen LogP contribution < -0.4 is 5.73 Å². The first kappa shape index (κ1) is 8.73. The van der Waals surface area contributed by atoms with Gasteiger partial charge in [0, 0.05) is 19.6 Å². The molecule has 0 atom stereocenters. The first-order valence-corrected chi connectivity index (χ1v) is 4.79. The minimum atomic E-state index is 0.650. The van der Waals surface area contributed by atoms with Gasteiger partial charge in [0.25, 0.3) is 0 Å². The van der Waals surface area contributed by atoms with Crippen LogP contribution in [0.3, 0.4) is 0 Å². The number of hydrogen-bond donors (Lipinski definition) is 1. The van der Waals surface area contributed by atoms with Crippen molar-refractivity contribution in [2.75, 3.05) is 13.6 Å². The fourth-order valence-electron chi connectivity index (χ4n) is 1.88. The zero-order valence-corrected chi connectivity index (χ0v) is 8.09. The number of nitrogens with two attached hydrogens (primary N) is 1. The molecule has 0 saturated carbocycles. The Kier molecular flexibility index (Phi) is 2.34. The minimum Gasteiger partial charge on any atom is -0.326 e. The Morgan fingerprint density at radius 1 is 1.38 bits per heavy atom. The van der Waals surface area contributed by atoms with E-state index in [0.29, 0.717) is 6.54 Å². The molecule has 1 aliphatic rings. The van der Waals surface area contributed by atoms with E-state index in [-0.39, 0.29) is 0 Å². The summed E-state index contributed by atoms with van der Waals surface area (Å²) in [6.45, 7) is 2.90. The number of likely N-dealkylation sites (N-methyl/N-ethyl adjacent to an activating group) is 1. The van der Waals surface area contributed by atoms with Crippen LogP contribution >= 0.6 is 0 Å². The van der Waals surface area contributed by atoms with Crippen molar-refractivity contribution in [3.8, 4) is 0 Å². The second-order valence-corrected chi connectivity index (χ2v) is 3.79. The first-order chi connectivity index (χ1) is 6.29. The highest BCUT2D eigenvalue weighted by atomic mass is 15.1. The smallest absolute Gasteiger partial charge is 0.0233 e. The van der Waals surface area contributed by atoms with Gasteiger partial charge in [0.2, 0.25) is 0 Å². The third-order valence-electron chi connectivity index (χ3n) is 2.71. The van der Waals surface area contributed by atoms with Gasteiger partial charge in [-0.25, -0.2) is 0 Å². The summed E-state index contributed by atoms with van der Waals surface area (Å²) in [5.74, 6) is 0. The molecule has 0 spiro atoms. The maximum Gasteiger partial charge on any atom is 0.0233 e. The normalized spacial score (nSPS) is 17.1. The van der Waals surface area contributed by atoms with Gasteiger partial charge in [-0.15, -0.1) is 0 Å². The maximum atomic E-state index is 5.60. The van der Waals surface area contributed by atoms with Crippen LogP contribution in [0, 0.1) is 0 Å². The quantitative estimate of drug-likeness (QED) is 0.695. The summed E-state index contributed by atoms with van der Waals surface area (Å²) in [6.07, 6.45) is 1.18. The van der Waals surface area contributed by atoms with Gasteiger partial charge < -0.3 is 10.6 Å². The zero-order chi connectivity index (χ0) is 9.26. The summed E-state index contributed by atoms with van der Waals surface area (Å²) in [6, 6.07) is 6.61. The third kappa shape index (κ3) is 1.74. The van der Waals surface area contributed by atoms with E-state index >= 15 is 0 Å². The van der Waals surface area contributed by atoms with Crippen LogP contribution in [-0.4, -0.2) is 18.5 Å². The highest BCUT2D eigenvalue weighted by molar-refractivity contribution is 5.33. The van der Waals surface area contributed by atoms with Crippen molar-refractivity contribution in [3.63, 3.8) is 0 Å². The predicted octanol–water partition coefficient (Wildman–Crippen LogP) is 1.13. The molecule has 0 aromatic heterocycles. The van der Waals surface area contributed by atoms with Crippen molar-refractivity contribution in [2.24, 2.45) is 5.73 Å². The molecule has 1 aromatic rings. The van der Waals surface area contributed by atoms with Gasteiger partial charge >= 0.3 is 0 Å². The van der Waals surface area contributed by atoms with E-state index in [9.17, 15) is 0 Å². The standard InChI is InChI=1S/C11H16N2/c1-13-5-4-10-3-2-9(7-12)6-11(10)8-13/h2-3,6H,4-5,7-8,12H2,1H3. The molecule has 1 aromatic carbocycles. The van der Waals surface area contributed by atoms with Crippen molar-refractivity contribution in [3.05, 3.63) is 34.9 Å². The van der Waals surface area contributed by atoms with Gasteiger partial charge in [0.1, 0.15) is 0 Å². The molecule has 0 bridgehead atoms. The number of nitrogens with zero attached hydrogens (tertiary/aromatic N) is 1. The molecular formula is C11H16N2. The van der Waals surface area contributed by atoms with E-state index in [1.54, 1.807) is 0 Å². The average molecular weight is 176 g/mol. The lowest BCUT2D eigenvalue weighted by Gasteiger charge is -2.25. The van der Waals surface area contributed by atoms with Gasteiger partial charge in [-0.05, 0) is 30.2 Å². The molecule has 2 nitrogen and oxygen atoms in total. The van der Waals surface area contributed by atoms with E-state index in [2.05, 4.69) is 30.1 Å². The minimum absolute atomic E-state index is 0.650. The Balaban J connectivity index is 2.32. The number of fused-ring (bicyclic) bond motifs is 1. The van der Waals surface area contributed by atoms with Crippen LogP contribution in [0.25, 0.3) is 0 Å². The lowest BCUT2D eigenvalue weighted by atomic mass is 9.98. The highest BCUT2D eigenvalue weighted by Crippen LogP contribution is 2.18. The molecule has 2 N–H and O–H groups in total. The van der Waals surface area contributed by atoms with Crippen molar-refractivity contribution in [1.29, 1.82) is 0 Å². The summed E-state index contributed by atoms with van der Waals surface area (Å²) in [4.78, 5) is 2.35. The second kappa shape index (κ2) is 3.48. The van der Waals surface area contributed by atoms with Crippen molar-refractivity contribution in [1.82, 2.24) is 4.90 Å². The Labute approximate surface area is 79.4 Å². The summed E-state index contributed by atoms with van der Waals surface area (Å²) < 4.78 is 0. The van der Waals surface area contributed by atoms with Crippen LogP contribution in [0.4, 0.5) is 0 Å². The summed E-state index contributed by atoms with van der Waals surface area (Å²) in [7, 11) is 2.16. The Morgan fingerprint density at radius 2 is 2.23 bits per heavy atom. The summed E-state index contributed by atoms with van der Waals surface area (Å²) in [5.41, 5.74) is 9.80. The van der Waals surface area contributed by atoms with Crippen LogP contribution in [0.2, 0.25) is 0 Å². The SMILES string of the molecule is CN1CCc2ccc(CN)cc2C1. The lowest BCUT2D eigenvalue weighted by molar-refractivity contribution is 0.313. The van der Waals surface area contributed by atoms with E-state index in [1.165, 1.54) is 29.7 Å². The molecule has 0 amide bonds. The molecule has 13 heavy (non-hydrogen) atoms. The van der Waals surface area contributed by atoms with Crippen LogP contribution in [-0.2, 0) is 19.5 Å². The van der Waals surface area contributed by atoms with Gasteiger partial charge in [-0.3, -0.25) is 0 Å². The zero-order valence-electron chi connectivity index (χ0n) is 8.09. The van der Waals surface area contributed by atoms with Crippen LogP contribution in [0.1, 0.15) is 16.7 Å². The van der Waals surface area contributed by atoms with Crippen molar-refractivity contribution >= 4 is 0 Å². The van der Waals surface area contributed by atoms with Gasteiger partial charge in [-0.2, -0.15) is 0 Å². The largest absolute Gasteiger partial charge is 0.326 e. The summed E-state index contributed by atoms with van der Waals surface area (Å²) in [5, 5.41) is 0. The molecular weight excluding hydrogens is 160 g/mol. The fourth-order valence-corrected chi connectivity index (χ4v) is 1.88. The predicted molar refractivity (Wildman–Crippen MR) is 54.4 cm³/mol. The van der Waals surface area contributed by atoms with Crippen molar-refractivity contribution < 1.29 is 0 Å². The molecule has 1 heterocycles. The second-order valence-electron chi connectivity index (χ2n) is 3.79. The molecule has 0 fully saturated rings. The molecule has 0 aliphatic carbocycles. The monoisotopic (exact) mass is 176 g/mol. The topological polar surface area (TPSA) is 29.3 Å². The first-order valence-electron chi connectivity index (χ1n) is 4.79. The molecule has 0 radical (unpaired) electrons. The highest BCUT2D eigenvalue weighted by Gasteiger charge is 2.12. The number of hydrogen-bond acceptors (Lipinski definition) is 2. The van der Waals surface area contributed by atoms with Gasteiger partial charge in [-0.1, -0.05) is 18.2 Å². The van der Waals surface area contributed by atoms with E-state index in [1.807, 2.05) is 0 Å². The maximum absolute atomic E-state index is 5.60. The van der Waals surface area contributed by atoms with E-state index in [4.69, 9.17) is 5.73 Å². The molecule has 0 unspecified atom stereocenters. The lowest BCUT2D eigenvalue weighted by Crippen LogP contribution is -2.26. The van der Waals surface area contributed by atoms with E-state index < -0.39 is 0 Å². The van der Waals surface area contributed by atoms with Gasteiger partial charge in [0.15, 0.2) is 0 Å². The molecule has 2 rings (SSSR count). The van der Waals surface area contributed by atoms with Crippen molar-refractivity contribution in [2.45, 2.75) is 19.5 Å².